The van der Waals surface area contributed by atoms with Crippen LogP contribution in [0.25, 0.3) is 0 Å². The van der Waals surface area contributed by atoms with Crippen LogP contribution in [-0.2, 0) is 4.79 Å². The first kappa shape index (κ1) is 24.8. The molecule has 0 radical (unpaired) electrons. The van der Waals surface area contributed by atoms with Crippen LogP contribution in [0.3, 0.4) is 0 Å². The number of hydrogen-bond acceptors (Lipinski definition) is 6. The molecule has 0 aromatic heterocycles. The molecule has 0 saturated heterocycles. The molecule has 2 atom stereocenters. The zero-order valence-electron chi connectivity index (χ0n) is 21.8. The van der Waals surface area contributed by atoms with Crippen molar-refractivity contribution in [2.24, 2.45) is 0 Å². The highest BCUT2D eigenvalue weighted by atomic mass is 16.5. The van der Waals surface area contributed by atoms with Crippen LogP contribution in [0.2, 0.25) is 0 Å². The molecule has 1 aliphatic carbocycles. The molecule has 3 aromatic rings. The molecule has 2 aliphatic rings. The van der Waals surface area contributed by atoms with E-state index >= 15 is 0 Å². The molecule has 1 heterocycles. The summed E-state index contributed by atoms with van der Waals surface area (Å²) in [6.07, 6.45) is 1.14. The van der Waals surface area contributed by atoms with Gasteiger partial charge in [-0.25, -0.2) is 0 Å². The monoisotopic (exact) mass is 498 g/mol. The van der Waals surface area contributed by atoms with Gasteiger partial charge in [-0.15, -0.1) is 0 Å². The summed E-state index contributed by atoms with van der Waals surface area (Å²) in [7, 11) is 1.64. The van der Waals surface area contributed by atoms with Crippen molar-refractivity contribution in [3.05, 3.63) is 89.1 Å². The summed E-state index contributed by atoms with van der Waals surface area (Å²) < 4.78 is 17.5. The van der Waals surface area contributed by atoms with E-state index in [9.17, 15) is 4.79 Å². The van der Waals surface area contributed by atoms with Gasteiger partial charge in [0.1, 0.15) is 5.75 Å². The number of benzene rings is 3. The van der Waals surface area contributed by atoms with Crippen molar-refractivity contribution in [2.75, 3.05) is 24.4 Å². The number of ether oxygens (including phenoxy) is 3. The number of methoxy groups -OCH3 is 1. The average molecular weight is 499 g/mol. The quantitative estimate of drug-likeness (QED) is 0.371. The lowest BCUT2D eigenvalue weighted by Crippen LogP contribution is -2.27. The fraction of sp³-hybridized carbons (Fsp3) is 0.323. The number of nitrogens with one attached hydrogen (secondary N) is 2. The highest BCUT2D eigenvalue weighted by Gasteiger charge is 2.37. The van der Waals surface area contributed by atoms with Gasteiger partial charge < -0.3 is 24.8 Å². The molecule has 37 heavy (non-hydrogen) atoms. The molecule has 0 fully saturated rings. The Kier molecular flexibility index (Phi) is 7.08. The SMILES string of the molecule is CCOc1ccc(C2CC(=O)C3=C(C2)Nc2ccccc2NC3c2ccccc2OC(C)C)cc1OC. The topological polar surface area (TPSA) is 68.8 Å². The molecule has 6 heteroatoms. The van der Waals surface area contributed by atoms with Gasteiger partial charge in [-0.1, -0.05) is 36.4 Å². The van der Waals surface area contributed by atoms with E-state index in [1.165, 1.54) is 0 Å². The van der Waals surface area contributed by atoms with E-state index in [-0.39, 0.29) is 23.8 Å². The third-order valence-electron chi connectivity index (χ3n) is 6.86. The van der Waals surface area contributed by atoms with E-state index in [1.54, 1.807) is 7.11 Å². The fourth-order valence-electron chi connectivity index (χ4n) is 5.25. The Morgan fingerprint density at radius 2 is 1.68 bits per heavy atom. The molecule has 1 aliphatic heterocycles. The van der Waals surface area contributed by atoms with E-state index in [2.05, 4.69) is 10.6 Å². The van der Waals surface area contributed by atoms with Gasteiger partial charge >= 0.3 is 0 Å². The van der Waals surface area contributed by atoms with Crippen molar-refractivity contribution in [2.45, 2.75) is 51.7 Å². The molecule has 0 saturated carbocycles. The molecular formula is C31H34N2O4. The van der Waals surface area contributed by atoms with Gasteiger partial charge in [0.2, 0.25) is 0 Å². The number of fused-ring (bicyclic) bond motifs is 1. The lowest BCUT2D eigenvalue weighted by atomic mass is 9.78. The van der Waals surface area contributed by atoms with E-state index in [0.29, 0.717) is 30.9 Å². The van der Waals surface area contributed by atoms with Crippen molar-refractivity contribution in [3.8, 4) is 17.2 Å². The van der Waals surface area contributed by atoms with Crippen molar-refractivity contribution >= 4 is 17.2 Å². The first-order valence-electron chi connectivity index (χ1n) is 12.9. The summed E-state index contributed by atoms with van der Waals surface area (Å²) in [5.74, 6) is 2.33. The van der Waals surface area contributed by atoms with Crippen LogP contribution >= 0.6 is 0 Å². The minimum Gasteiger partial charge on any atom is -0.493 e. The van der Waals surface area contributed by atoms with Gasteiger partial charge in [0.25, 0.3) is 0 Å². The Bertz CT molecular complexity index is 1330. The van der Waals surface area contributed by atoms with Crippen LogP contribution in [0.1, 0.15) is 56.7 Å². The molecule has 6 nitrogen and oxygen atoms in total. The first-order valence-corrected chi connectivity index (χ1v) is 12.9. The third kappa shape index (κ3) is 5.01. The van der Waals surface area contributed by atoms with Crippen LogP contribution < -0.4 is 24.8 Å². The van der Waals surface area contributed by atoms with E-state index in [1.807, 2.05) is 87.5 Å². The maximum Gasteiger partial charge on any atom is 0.163 e. The predicted octanol–water partition coefficient (Wildman–Crippen LogP) is 6.86. The molecule has 5 rings (SSSR count). The Hall–Kier alpha value is -3.93. The maximum atomic E-state index is 13.9. The number of para-hydroxylation sites is 3. The summed E-state index contributed by atoms with van der Waals surface area (Å²) in [6.45, 7) is 6.54. The van der Waals surface area contributed by atoms with Crippen LogP contribution in [0.5, 0.6) is 17.2 Å². The summed E-state index contributed by atoms with van der Waals surface area (Å²) >= 11 is 0. The van der Waals surface area contributed by atoms with Gasteiger partial charge in [0.15, 0.2) is 17.3 Å². The number of Topliss-reactive ketones (excluding diaryl/α,β-unsaturated/α-hetero) is 1. The van der Waals surface area contributed by atoms with Crippen molar-refractivity contribution in [1.82, 2.24) is 0 Å². The smallest absolute Gasteiger partial charge is 0.163 e. The second-order valence-electron chi connectivity index (χ2n) is 9.72. The fourth-order valence-corrected chi connectivity index (χ4v) is 5.25. The van der Waals surface area contributed by atoms with Gasteiger partial charge in [-0.05, 0) is 69.0 Å². The molecule has 0 amide bonds. The summed E-state index contributed by atoms with van der Waals surface area (Å²) in [5, 5.41) is 7.27. The average Bonchev–Trinajstić information content (AvgIpc) is 3.06. The maximum absolute atomic E-state index is 13.9. The third-order valence-corrected chi connectivity index (χ3v) is 6.86. The van der Waals surface area contributed by atoms with Crippen molar-refractivity contribution < 1.29 is 19.0 Å². The van der Waals surface area contributed by atoms with Crippen LogP contribution in [0.4, 0.5) is 11.4 Å². The van der Waals surface area contributed by atoms with E-state index in [0.717, 1.165) is 39.5 Å². The van der Waals surface area contributed by atoms with Crippen molar-refractivity contribution in [1.29, 1.82) is 0 Å². The lowest BCUT2D eigenvalue weighted by Gasteiger charge is -2.31. The molecular weight excluding hydrogens is 464 g/mol. The zero-order chi connectivity index (χ0) is 25.9. The lowest BCUT2D eigenvalue weighted by molar-refractivity contribution is -0.116. The van der Waals surface area contributed by atoms with Crippen LogP contribution in [-0.4, -0.2) is 25.6 Å². The molecule has 2 unspecified atom stereocenters. The number of rotatable bonds is 7. The van der Waals surface area contributed by atoms with Gasteiger partial charge in [0, 0.05) is 23.3 Å². The van der Waals surface area contributed by atoms with Gasteiger partial charge in [-0.3, -0.25) is 4.79 Å². The number of anilines is 2. The van der Waals surface area contributed by atoms with Crippen LogP contribution in [0, 0.1) is 0 Å². The highest BCUT2D eigenvalue weighted by Crippen LogP contribution is 2.46. The molecule has 0 spiro atoms. The summed E-state index contributed by atoms with van der Waals surface area (Å²) in [5.41, 5.74) is 5.64. The minimum atomic E-state index is -0.329. The predicted molar refractivity (Wildman–Crippen MR) is 147 cm³/mol. The molecule has 3 aromatic carbocycles. The number of ketones is 1. The Labute approximate surface area is 218 Å². The second-order valence-corrected chi connectivity index (χ2v) is 9.72. The number of hydrogen-bond donors (Lipinski definition) is 2. The number of carbonyl (C=O) groups is 1. The second kappa shape index (κ2) is 10.6. The Morgan fingerprint density at radius 3 is 2.43 bits per heavy atom. The summed E-state index contributed by atoms with van der Waals surface area (Å²) in [4.78, 5) is 13.9. The minimum absolute atomic E-state index is 0.0202. The van der Waals surface area contributed by atoms with Gasteiger partial charge in [0.05, 0.1) is 37.2 Å². The number of allylic oxidation sites excluding steroid dienone is 1. The normalized spacial score (nSPS) is 18.8. The standard InChI is InChI=1S/C31H34N2O4/c1-5-36-28-15-14-20(18-29(28)35-4)21-16-25-30(26(34)17-21)31(33-24-12-8-7-11-23(24)32-25)22-10-6-9-13-27(22)37-19(2)3/h6-15,18-19,21,31-33H,5,16-17H2,1-4H3. The highest BCUT2D eigenvalue weighted by molar-refractivity contribution is 6.01. The molecule has 2 N–H and O–H groups in total. The zero-order valence-corrected chi connectivity index (χ0v) is 21.8. The summed E-state index contributed by atoms with van der Waals surface area (Å²) in [6, 6.07) is 21.7. The Morgan fingerprint density at radius 1 is 0.919 bits per heavy atom. The van der Waals surface area contributed by atoms with E-state index in [4.69, 9.17) is 14.2 Å². The van der Waals surface area contributed by atoms with Crippen LogP contribution in [0.15, 0.2) is 78.0 Å². The number of carbonyl (C=O) groups excluding carboxylic acids is 1. The largest absolute Gasteiger partial charge is 0.493 e. The van der Waals surface area contributed by atoms with Crippen molar-refractivity contribution in [3.63, 3.8) is 0 Å². The van der Waals surface area contributed by atoms with E-state index < -0.39 is 0 Å². The first-order chi connectivity index (χ1) is 18.0. The van der Waals surface area contributed by atoms with Gasteiger partial charge in [-0.2, -0.15) is 0 Å². The molecule has 0 bridgehead atoms. The Balaban J connectivity index is 1.58. The molecule has 192 valence electrons.